The molecule has 0 saturated carbocycles. The molecule has 0 aliphatic rings. The zero-order valence-electron chi connectivity index (χ0n) is 10.4. The van der Waals surface area contributed by atoms with Gasteiger partial charge in [-0.2, -0.15) is 0 Å². The van der Waals surface area contributed by atoms with Crippen LogP contribution in [0.1, 0.15) is 10.4 Å². The molecule has 0 saturated heterocycles. The molecule has 20 heavy (non-hydrogen) atoms. The lowest BCUT2D eigenvalue weighted by Crippen LogP contribution is -2.13. The fraction of sp³-hybridized carbons (Fsp3) is 0.0714. The molecule has 1 amide bonds. The van der Waals surface area contributed by atoms with Gasteiger partial charge in [0.1, 0.15) is 5.75 Å². The van der Waals surface area contributed by atoms with Crippen LogP contribution in [0.5, 0.6) is 5.75 Å². The molecular weight excluding hydrogens is 321 g/mol. The largest absolute Gasteiger partial charge is 0.496 e. The number of benzene rings is 2. The maximum Gasteiger partial charge on any atom is 0.259 e. The van der Waals surface area contributed by atoms with Crippen molar-refractivity contribution in [3.05, 3.63) is 57.0 Å². The number of rotatable bonds is 3. The minimum atomic E-state index is -0.403. The molecule has 0 atom stereocenters. The Bertz CT molecular complexity index is 639. The molecule has 104 valence electrons. The normalized spacial score (nSPS) is 10.2. The Labute approximate surface area is 131 Å². The van der Waals surface area contributed by atoms with Gasteiger partial charge in [-0.15, -0.1) is 0 Å². The Morgan fingerprint density at radius 3 is 2.35 bits per heavy atom. The summed E-state index contributed by atoms with van der Waals surface area (Å²) in [7, 11) is 1.47. The lowest BCUT2D eigenvalue weighted by Gasteiger charge is -2.11. The zero-order valence-corrected chi connectivity index (χ0v) is 12.7. The van der Waals surface area contributed by atoms with Crippen molar-refractivity contribution < 1.29 is 9.53 Å². The van der Waals surface area contributed by atoms with Crippen LogP contribution in [-0.4, -0.2) is 13.0 Å². The number of anilines is 1. The summed E-state index contributed by atoms with van der Waals surface area (Å²) < 4.78 is 5.13. The van der Waals surface area contributed by atoms with Crippen molar-refractivity contribution in [1.29, 1.82) is 0 Å². The lowest BCUT2D eigenvalue weighted by atomic mass is 10.2. The first-order chi connectivity index (χ1) is 9.52. The van der Waals surface area contributed by atoms with Gasteiger partial charge in [-0.3, -0.25) is 4.79 Å². The summed E-state index contributed by atoms with van der Waals surface area (Å²) in [5.74, 6) is 0.00873. The van der Waals surface area contributed by atoms with Gasteiger partial charge in [0.15, 0.2) is 0 Å². The topological polar surface area (TPSA) is 38.3 Å². The number of halogens is 3. The van der Waals surface area contributed by atoms with E-state index in [1.165, 1.54) is 13.2 Å². The molecule has 2 rings (SSSR count). The molecule has 2 aromatic rings. The fourth-order valence-corrected chi connectivity index (χ4v) is 2.32. The zero-order chi connectivity index (χ0) is 14.7. The van der Waals surface area contributed by atoms with Gasteiger partial charge in [0.2, 0.25) is 0 Å². The van der Waals surface area contributed by atoms with E-state index in [0.717, 1.165) is 0 Å². The Balaban J connectivity index is 2.35. The summed E-state index contributed by atoms with van der Waals surface area (Å²) in [6.45, 7) is 0. The van der Waals surface area contributed by atoms with Crippen molar-refractivity contribution in [3.8, 4) is 5.75 Å². The fourth-order valence-electron chi connectivity index (χ4n) is 1.66. The van der Waals surface area contributed by atoms with Gasteiger partial charge < -0.3 is 10.1 Å². The smallest absolute Gasteiger partial charge is 0.259 e. The SMILES string of the molecule is COc1ccc(Cl)cc1C(=O)Nc1c(Cl)cccc1Cl. The summed E-state index contributed by atoms with van der Waals surface area (Å²) >= 11 is 17.9. The van der Waals surface area contributed by atoms with Crippen LogP contribution >= 0.6 is 34.8 Å². The number of hydrogen-bond acceptors (Lipinski definition) is 2. The molecular formula is C14H10Cl3NO2. The molecule has 0 aliphatic carbocycles. The van der Waals surface area contributed by atoms with Gasteiger partial charge >= 0.3 is 0 Å². The second-order valence-corrected chi connectivity index (χ2v) is 5.15. The Morgan fingerprint density at radius 1 is 1.10 bits per heavy atom. The molecule has 0 aromatic heterocycles. The van der Waals surface area contributed by atoms with E-state index in [0.29, 0.717) is 32.1 Å². The van der Waals surface area contributed by atoms with Crippen LogP contribution in [0.15, 0.2) is 36.4 Å². The molecule has 3 nitrogen and oxygen atoms in total. The third-order valence-electron chi connectivity index (χ3n) is 2.61. The molecule has 1 N–H and O–H groups in total. The highest BCUT2D eigenvalue weighted by molar-refractivity contribution is 6.40. The van der Waals surface area contributed by atoms with Crippen LogP contribution < -0.4 is 10.1 Å². The first-order valence-corrected chi connectivity index (χ1v) is 6.75. The highest BCUT2D eigenvalue weighted by Crippen LogP contribution is 2.31. The van der Waals surface area contributed by atoms with E-state index in [1.807, 2.05) is 0 Å². The highest BCUT2D eigenvalue weighted by atomic mass is 35.5. The predicted octanol–water partition coefficient (Wildman–Crippen LogP) is 4.91. The summed E-state index contributed by atoms with van der Waals surface area (Å²) in [6, 6.07) is 9.74. The number of nitrogens with one attached hydrogen (secondary N) is 1. The molecule has 6 heteroatoms. The monoisotopic (exact) mass is 329 g/mol. The highest BCUT2D eigenvalue weighted by Gasteiger charge is 2.16. The second-order valence-electron chi connectivity index (χ2n) is 3.90. The summed E-state index contributed by atoms with van der Waals surface area (Å²) in [6.07, 6.45) is 0. The second kappa shape index (κ2) is 6.35. The Morgan fingerprint density at radius 2 is 1.75 bits per heavy atom. The number of carbonyl (C=O) groups is 1. The van der Waals surface area contributed by atoms with Crippen molar-refractivity contribution >= 4 is 46.4 Å². The van der Waals surface area contributed by atoms with Gasteiger partial charge in [0.05, 0.1) is 28.4 Å². The van der Waals surface area contributed by atoms with Gasteiger partial charge in [-0.25, -0.2) is 0 Å². The third kappa shape index (κ3) is 3.18. The molecule has 0 fully saturated rings. The van der Waals surface area contributed by atoms with Crippen molar-refractivity contribution in [2.45, 2.75) is 0 Å². The quantitative estimate of drug-likeness (QED) is 0.868. The van der Waals surface area contributed by atoms with Crippen LogP contribution in [-0.2, 0) is 0 Å². The minimum Gasteiger partial charge on any atom is -0.496 e. The third-order valence-corrected chi connectivity index (χ3v) is 3.47. The summed E-state index contributed by atoms with van der Waals surface area (Å²) in [5.41, 5.74) is 0.652. The number of ether oxygens (including phenoxy) is 1. The molecule has 0 heterocycles. The average Bonchev–Trinajstić information content (AvgIpc) is 2.43. The van der Waals surface area contributed by atoms with Gasteiger partial charge in [0, 0.05) is 5.02 Å². The first-order valence-electron chi connectivity index (χ1n) is 5.62. The van der Waals surface area contributed by atoms with E-state index in [1.54, 1.807) is 30.3 Å². The maximum absolute atomic E-state index is 12.3. The van der Waals surface area contributed by atoms with E-state index >= 15 is 0 Å². The molecule has 0 aliphatic heterocycles. The number of methoxy groups -OCH3 is 1. The predicted molar refractivity (Wildman–Crippen MR) is 82.4 cm³/mol. The molecule has 0 spiro atoms. The first kappa shape index (κ1) is 15.0. The number of amides is 1. The lowest BCUT2D eigenvalue weighted by molar-refractivity contribution is 0.102. The van der Waals surface area contributed by atoms with E-state index in [-0.39, 0.29) is 0 Å². The number of hydrogen-bond donors (Lipinski definition) is 1. The van der Waals surface area contributed by atoms with Crippen molar-refractivity contribution in [3.63, 3.8) is 0 Å². The van der Waals surface area contributed by atoms with Gasteiger partial charge in [-0.1, -0.05) is 40.9 Å². The van der Waals surface area contributed by atoms with Crippen LogP contribution in [0.25, 0.3) is 0 Å². The number of para-hydroxylation sites is 1. The maximum atomic E-state index is 12.3. The van der Waals surface area contributed by atoms with Crippen molar-refractivity contribution in [2.24, 2.45) is 0 Å². The summed E-state index contributed by atoms with van der Waals surface area (Å²) in [5, 5.41) is 3.79. The van der Waals surface area contributed by atoms with Crippen LogP contribution in [0.3, 0.4) is 0 Å². The van der Waals surface area contributed by atoms with Crippen molar-refractivity contribution in [2.75, 3.05) is 12.4 Å². The van der Waals surface area contributed by atoms with E-state index < -0.39 is 5.91 Å². The molecule has 2 aromatic carbocycles. The van der Waals surface area contributed by atoms with Crippen LogP contribution in [0.4, 0.5) is 5.69 Å². The Kier molecular flexibility index (Phi) is 4.76. The molecule has 0 unspecified atom stereocenters. The van der Waals surface area contributed by atoms with Crippen molar-refractivity contribution in [1.82, 2.24) is 0 Å². The molecule has 0 radical (unpaired) electrons. The minimum absolute atomic E-state index is 0.302. The van der Waals surface area contributed by atoms with Crippen LogP contribution in [0, 0.1) is 0 Å². The van der Waals surface area contributed by atoms with E-state index in [2.05, 4.69) is 5.32 Å². The average molecular weight is 331 g/mol. The standard InChI is InChI=1S/C14H10Cl3NO2/c1-20-12-6-5-8(15)7-9(12)14(19)18-13-10(16)3-2-4-11(13)17/h2-7H,1H3,(H,18,19). The van der Waals surface area contributed by atoms with E-state index in [9.17, 15) is 4.79 Å². The molecule has 0 bridgehead atoms. The van der Waals surface area contributed by atoms with Gasteiger partial charge in [0.25, 0.3) is 5.91 Å². The van der Waals surface area contributed by atoms with Gasteiger partial charge in [-0.05, 0) is 30.3 Å². The summed E-state index contributed by atoms with van der Waals surface area (Å²) in [4.78, 5) is 12.3. The number of carbonyl (C=O) groups excluding carboxylic acids is 1. The Hall–Kier alpha value is -1.42. The van der Waals surface area contributed by atoms with Crippen LogP contribution in [0.2, 0.25) is 15.1 Å². The van der Waals surface area contributed by atoms with E-state index in [4.69, 9.17) is 39.5 Å².